The summed E-state index contributed by atoms with van der Waals surface area (Å²) in [5.74, 6) is 0.793. The molecule has 0 fully saturated rings. The Hall–Kier alpha value is -3.67. The highest BCUT2D eigenvalue weighted by molar-refractivity contribution is 6.13. The average Bonchev–Trinajstić information content (AvgIpc) is 2.98. The molecule has 0 aromatic heterocycles. The van der Waals surface area contributed by atoms with Gasteiger partial charge in [0.15, 0.2) is 0 Å². The number of hydrogen-bond donors (Lipinski definition) is 1. The van der Waals surface area contributed by atoms with Crippen LogP contribution in [0.3, 0.4) is 0 Å². The Morgan fingerprint density at radius 3 is 2.66 bits per heavy atom. The van der Waals surface area contributed by atoms with E-state index in [1.807, 2.05) is 60.7 Å². The molecular weight excluding hydrogens is 366 g/mol. The molecule has 2 amide bonds. The number of carbonyl (C=O) groups excluding carboxylic acids is 2. The Morgan fingerprint density at radius 1 is 1.14 bits per heavy atom. The highest BCUT2D eigenvalue weighted by atomic mass is 16.5. The number of rotatable bonds is 5. The highest BCUT2D eigenvalue weighted by Gasteiger charge is 2.46. The number of para-hydroxylation sites is 1. The predicted octanol–water partition coefficient (Wildman–Crippen LogP) is 3.77. The summed E-state index contributed by atoms with van der Waals surface area (Å²) in [6, 6.07) is 15.3. The van der Waals surface area contributed by atoms with Crippen LogP contribution in [0.2, 0.25) is 0 Å². The number of allylic oxidation sites excluding steroid dienone is 2. The topological polar surface area (TPSA) is 71.0 Å². The monoisotopic (exact) mass is 387 g/mol. The molecular formula is C23H21N3O3. The van der Waals surface area contributed by atoms with Crippen LogP contribution in [0.5, 0.6) is 5.75 Å². The van der Waals surface area contributed by atoms with Crippen molar-refractivity contribution < 1.29 is 14.3 Å². The van der Waals surface area contributed by atoms with Crippen molar-refractivity contribution in [1.82, 2.24) is 4.90 Å². The number of nitrogens with one attached hydrogen (secondary N) is 1. The van der Waals surface area contributed by atoms with Crippen LogP contribution in [0, 0.1) is 0 Å². The zero-order chi connectivity index (χ0) is 20.4. The molecule has 0 aliphatic carbocycles. The summed E-state index contributed by atoms with van der Waals surface area (Å²) < 4.78 is 5.41. The van der Waals surface area contributed by atoms with E-state index < -0.39 is 5.54 Å². The quantitative estimate of drug-likeness (QED) is 0.848. The van der Waals surface area contributed by atoms with Gasteiger partial charge in [-0.05, 0) is 42.8 Å². The van der Waals surface area contributed by atoms with Crippen molar-refractivity contribution in [2.75, 3.05) is 12.4 Å². The third-order valence-electron chi connectivity index (χ3n) is 5.14. The van der Waals surface area contributed by atoms with Gasteiger partial charge in [0, 0.05) is 17.5 Å². The SMILES string of the molecule is COc1ccccc1-c1ccc(NC(=O)C[C@]2(C)C(=O)N=C3C=CC=CN32)cc1. The summed E-state index contributed by atoms with van der Waals surface area (Å²) in [6.07, 6.45) is 7.18. The van der Waals surface area contributed by atoms with Crippen LogP contribution >= 0.6 is 0 Å². The van der Waals surface area contributed by atoms with Crippen molar-refractivity contribution in [3.63, 3.8) is 0 Å². The lowest BCUT2D eigenvalue weighted by Crippen LogP contribution is -2.48. The number of carbonyl (C=O) groups is 2. The summed E-state index contributed by atoms with van der Waals surface area (Å²) in [5, 5.41) is 2.88. The van der Waals surface area contributed by atoms with Crippen LogP contribution in [-0.4, -0.2) is 35.2 Å². The summed E-state index contributed by atoms with van der Waals surface area (Å²) >= 11 is 0. The van der Waals surface area contributed by atoms with Gasteiger partial charge in [0.05, 0.1) is 13.5 Å². The maximum atomic E-state index is 12.6. The van der Waals surface area contributed by atoms with Crippen molar-refractivity contribution in [3.8, 4) is 16.9 Å². The minimum absolute atomic E-state index is 0.00523. The number of benzene rings is 2. The molecule has 6 heteroatoms. The Bertz CT molecular complexity index is 1050. The zero-order valence-electron chi connectivity index (χ0n) is 16.3. The van der Waals surface area contributed by atoms with Gasteiger partial charge in [-0.1, -0.05) is 36.4 Å². The molecule has 0 spiro atoms. The number of fused-ring (bicyclic) bond motifs is 1. The van der Waals surface area contributed by atoms with Crippen LogP contribution in [0.1, 0.15) is 13.3 Å². The van der Waals surface area contributed by atoms with Gasteiger partial charge in [0.2, 0.25) is 5.91 Å². The van der Waals surface area contributed by atoms with Gasteiger partial charge in [-0.25, -0.2) is 0 Å². The summed E-state index contributed by atoms with van der Waals surface area (Å²) in [4.78, 5) is 30.9. The van der Waals surface area contributed by atoms with E-state index in [2.05, 4.69) is 10.3 Å². The molecule has 1 atom stereocenters. The number of nitrogens with zero attached hydrogens (tertiary/aromatic N) is 2. The molecule has 6 nitrogen and oxygen atoms in total. The van der Waals surface area contributed by atoms with E-state index in [4.69, 9.17) is 4.74 Å². The fraction of sp³-hybridized carbons (Fsp3) is 0.174. The van der Waals surface area contributed by atoms with E-state index in [-0.39, 0.29) is 18.2 Å². The number of amidine groups is 1. The lowest BCUT2D eigenvalue weighted by atomic mass is 9.95. The van der Waals surface area contributed by atoms with Gasteiger partial charge < -0.3 is 15.0 Å². The van der Waals surface area contributed by atoms with Crippen LogP contribution in [-0.2, 0) is 9.59 Å². The second-order valence-corrected chi connectivity index (χ2v) is 7.12. The molecule has 1 N–H and O–H groups in total. The summed E-state index contributed by atoms with van der Waals surface area (Å²) in [7, 11) is 1.64. The number of aliphatic imine (C=N–C) groups is 1. The van der Waals surface area contributed by atoms with E-state index in [0.717, 1.165) is 16.9 Å². The molecule has 4 rings (SSSR count). The summed E-state index contributed by atoms with van der Waals surface area (Å²) in [6.45, 7) is 1.74. The molecule has 29 heavy (non-hydrogen) atoms. The number of ether oxygens (including phenoxy) is 1. The van der Waals surface area contributed by atoms with E-state index in [9.17, 15) is 9.59 Å². The Balaban J connectivity index is 1.46. The molecule has 0 bridgehead atoms. The molecule has 2 aliphatic heterocycles. The van der Waals surface area contributed by atoms with Gasteiger partial charge in [0.25, 0.3) is 5.91 Å². The molecule has 2 aromatic carbocycles. The third kappa shape index (κ3) is 3.45. The van der Waals surface area contributed by atoms with Crippen molar-refractivity contribution in [1.29, 1.82) is 0 Å². The minimum atomic E-state index is -1.02. The van der Waals surface area contributed by atoms with Crippen LogP contribution in [0.15, 0.2) is 78.0 Å². The number of anilines is 1. The van der Waals surface area contributed by atoms with Gasteiger partial charge in [-0.15, -0.1) is 0 Å². The first-order valence-electron chi connectivity index (χ1n) is 9.32. The van der Waals surface area contributed by atoms with Gasteiger partial charge in [-0.3, -0.25) is 9.59 Å². The average molecular weight is 387 g/mol. The number of methoxy groups -OCH3 is 1. The molecule has 2 heterocycles. The first-order chi connectivity index (χ1) is 14.0. The van der Waals surface area contributed by atoms with Crippen LogP contribution in [0.4, 0.5) is 5.69 Å². The zero-order valence-corrected chi connectivity index (χ0v) is 16.3. The van der Waals surface area contributed by atoms with Crippen molar-refractivity contribution in [2.24, 2.45) is 4.99 Å². The Morgan fingerprint density at radius 2 is 1.90 bits per heavy atom. The van der Waals surface area contributed by atoms with Gasteiger partial charge in [-0.2, -0.15) is 4.99 Å². The molecule has 0 saturated carbocycles. The first-order valence-corrected chi connectivity index (χ1v) is 9.32. The fourth-order valence-corrected chi connectivity index (χ4v) is 3.56. The molecule has 2 aliphatic rings. The second kappa shape index (κ2) is 7.39. The maximum absolute atomic E-state index is 12.6. The lowest BCUT2D eigenvalue weighted by molar-refractivity contribution is -0.128. The van der Waals surface area contributed by atoms with Crippen molar-refractivity contribution in [3.05, 3.63) is 73.0 Å². The van der Waals surface area contributed by atoms with E-state index >= 15 is 0 Å². The van der Waals surface area contributed by atoms with E-state index in [1.165, 1.54) is 0 Å². The maximum Gasteiger partial charge on any atom is 0.274 e. The smallest absolute Gasteiger partial charge is 0.274 e. The number of hydrogen-bond acceptors (Lipinski definition) is 4. The van der Waals surface area contributed by atoms with Gasteiger partial charge >= 0.3 is 0 Å². The van der Waals surface area contributed by atoms with E-state index in [1.54, 1.807) is 31.2 Å². The second-order valence-electron chi connectivity index (χ2n) is 7.12. The van der Waals surface area contributed by atoms with Crippen LogP contribution < -0.4 is 10.1 Å². The molecule has 2 aromatic rings. The minimum Gasteiger partial charge on any atom is -0.496 e. The molecule has 0 unspecified atom stereocenters. The van der Waals surface area contributed by atoms with E-state index in [0.29, 0.717) is 11.5 Å². The molecule has 146 valence electrons. The number of amides is 2. The fourth-order valence-electron chi connectivity index (χ4n) is 3.56. The normalized spacial score (nSPS) is 19.7. The Kier molecular flexibility index (Phi) is 4.76. The highest BCUT2D eigenvalue weighted by Crippen LogP contribution is 2.32. The van der Waals surface area contributed by atoms with Crippen molar-refractivity contribution in [2.45, 2.75) is 18.9 Å². The largest absolute Gasteiger partial charge is 0.496 e. The predicted molar refractivity (Wildman–Crippen MR) is 113 cm³/mol. The van der Waals surface area contributed by atoms with Crippen LogP contribution in [0.25, 0.3) is 11.1 Å². The third-order valence-corrected chi connectivity index (χ3v) is 5.14. The first kappa shape index (κ1) is 18.7. The standard InChI is InChI=1S/C23H21N3O3/c1-23(22(28)25-20-9-5-6-14-26(20)23)15-21(27)24-17-12-10-16(11-13-17)18-7-3-4-8-19(18)29-2/h3-14H,15H2,1-2H3,(H,24,27)/t23-/m1/s1. The lowest BCUT2D eigenvalue weighted by Gasteiger charge is -2.32. The Labute approximate surface area is 169 Å². The molecule has 0 saturated heterocycles. The van der Waals surface area contributed by atoms with Gasteiger partial charge in [0.1, 0.15) is 17.1 Å². The summed E-state index contributed by atoms with van der Waals surface area (Å²) in [5.41, 5.74) is 1.61. The van der Waals surface area contributed by atoms with Crippen molar-refractivity contribution >= 4 is 23.3 Å². The molecule has 0 radical (unpaired) electrons.